The number of fused-ring (bicyclic) bond motifs is 1. The Morgan fingerprint density at radius 1 is 1.43 bits per heavy atom. The fraction of sp³-hybridized carbons (Fsp3) is 0.562. The summed E-state index contributed by atoms with van der Waals surface area (Å²) >= 11 is 1.31. The van der Waals surface area contributed by atoms with Crippen molar-refractivity contribution in [3.63, 3.8) is 0 Å². The summed E-state index contributed by atoms with van der Waals surface area (Å²) in [5, 5.41) is 0. The molecule has 1 aliphatic heterocycles. The van der Waals surface area contributed by atoms with Crippen LogP contribution in [-0.4, -0.2) is 41.8 Å². The van der Waals surface area contributed by atoms with Gasteiger partial charge in [0.05, 0.1) is 16.3 Å². The summed E-state index contributed by atoms with van der Waals surface area (Å²) in [6.45, 7) is 2.54. The highest BCUT2D eigenvalue weighted by molar-refractivity contribution is 7.16. The highest BCUT2D eigenvalue weighted by Gasteiger charge is 2.27. The minimum absolute atomic E-state index is 0. The molecule has 0 radical (unpaired) electrons. The molecule has 0 bridgehead atoms. The lowest BCUT2D eigenvalue weighted by atomic mass is 9.98. The molecule has 23 heavy (non-hydrogen) atoms. The molecule has 1 aromatic heterocycles. The molecule has 1 saturated heterocycles. The van der Waals surface area contributed by atoms with Gasteiger partial charge in [0.2, 0.25) is 0 Å². The van der Waals surface area contributed by atoms with Gasteiger partial charge >= 0.3 is 4.87 Å². The number of aromatic nitrogens is 1. The van der Waals surface area contributed by atoms with Crippen molar-refractivity contribution in [2.45, 2.75) is 31.5 Å². The maximum Gasteiger partial charge on any atom is 0.307 e. The van der Waals surface area contributed by atoms with E-state index in [2.05, 4.69) is 17.0 Å². The van der Waals surface area contributed by atoms with E-state index in [0.717, 1.165) is 36.1 Å². The van der Waals surface area contributed by atoms with Crippen LogP contribution in [0.4, 0.5) is 0 Å². The maximum atomic E-state index is 11.7. The van der Waals surface area contributed by atoms with E-state index >= 15 is 0 Å². The SMILES string of the molecule is COC1CCN(Cc2ccc3c(c2)sc(=O)n3C)C(CN)C1.Cl. The molecule has 2 atom stereocenters. The van der Waals surface area contributed by atoms with Crippen molar-refractivity contribution in [1.29, 1.82) is 0 Å². The van der Waals surface area contributed by atoms with E-state index in [0.29, 0.717) is 18.7 Å². The third kappa shape index (κ3) is 3.78. The number of methoxy groups -OCH3 is 1. The number of aryl methyl sites for hydroxylation is 1. The number of rotatable bonds is 4. The van der Waals surface area contributed by atoms with Crippen LogP contribution in [0.5, 0.6) is 0 Å². The molecule has 128 valence electrons. The standard InChI is InChI=1S/C16H23N3O2S.ClH/c1-18-14-4-3-11(7-15(14)22-16(18)20)10-19-6-5-13(21-2)8-12(19)9-17;/h3-4,7,12-13H,5-6,8-10,17H2,1-2H3;1H. The van der Waals surface area contributed by atoms with Crippen molar-refractivity contribution in [1.82, 2.24) is 9.47 Å². The molecule has 0 amide bonds. The Morgan fingerprint density at radius 3 is 2.91 bits per heavy atom. The van der Waals surface area contributed by atoms with Gasteiger partial charge in [0.1, 0.15) is 0 Å². The van der Waals surface area contributed by atoms with Crippen LogP contribution in [0.2, 0.25) is 0 Å². The Labute approximate surface area is 146 Å². The molecule has 3 rings (SSSR count). The quantitative estimate of drug-likeness (QED) is 0.908. The smallest absolute Gasteiger partial charge is 0.307 e. The number of thiazole rings is 1. The zero-order valence-corrected chi connectivity index (χ0v) is 15.2. The van der Waals surface area contributed by atoms with Gasteiger partial charge in [-0.15, -0.1) is 12.4 Å². The fourth-order valence-electron chi connectivity index (χ4n) is 3.24. The van der Waals surface area contributed by atoms with Crippen LogP contribution in [0.3, 0.4) is 0 Å². The number of likely N-dealkylation sites (tertiary alicyclic amines) is 1. The Hall–Kier alpha value is -0.920. The van der Waals surface area contributed by atoms with E-state index in [1.165, 1.54) is 16.9 Å². The van der Waals surface area contributed by atoms with Crippen molar-refractivity contribution >= 4 is 34.0 Å². The second-order valence-corrected chi connectivity index (χ2v) is 6.96. The summed E-state index contributed by atoms with van der Waals surface area (Å²) in [6, 6.07) is 6.66. The van der Waals surface area contributed by atoms with Gasteiger partial charge in [-0.05, 0) is 30.5 Å². The minimum atomic E-state index is 0. The number of piperidine rings is 1. The van der Waals surface area contributed by atoms with Crippen LogP contribution in [-0.2, 0) is 18.3 Å². The minimum Gasteiger partial charge on any atom is -0.381 e. The normalized spacial score (nSPS) is 22.2. The molecule has 7 heteroatoms. The Kier molecular flexibility index (Phi) is 6.22. The molecule has 1 fully saturated rings. The van der Waals surface area contributed by atoms with Crippen LogP contribution in [0.15, 0.2) is 23.0 Å². The van der Waals surface area contributed by atoms with Crippen molar-refractivity contribution in [3.05, 3.63) is 33.4 Å². The van der Waals surface area contributed by atoms with Crippen molar-refractivity contribution in [3.8, 4) is 0 Å². The summed E-state index contributed by atoms with van der Waals surface area (Å²) in [6.07, 6.45) is 2.37. The third-order valence-electron chi connectivity index (χ3n) is 4.64. The van der Waals surface area contributed by atoms with Gasteiger partial charge in [-0.1, -0.05) is 17.4 Å². The number of ether oxygens (including phenoxy) is 1. The molecule has 1 aliphatic rings. The van der Waals surface area contributed by atoms with Crippen LogP contribution in [0.25, 0.3) is 10.2 Å². The third-order valence-corrected chi connectivity index (χ3v) is 5.63. The number of halogens is 1. The van der Waals surface area contributed by atoms with Crippen LogP contribution < -0.4 is 10.6 Å². The van der Waals surface area contributed by atoms with Crippen LogP contribution in [0, 0.1) is 0 Å². The number of hydrogen-bond acceptors (Lipinski definition) is 5. The van der Waals surface area contributed by atoms with E-state index in [1.54, 1.807) is 11.7 Å². The van der Waals surface area contributed by atoms with Crippen molar-refractivity contribution < 1.29 is 4.74 Å². The monoisotopic (exact) mass is 357 g/mol. The van der Waals surface area contributed by atoms with Gasteiger partial charge in [0.25, 0.3) is 0 Å². The summed E-state index contributed by atoms with van der Waals surface area (Å²) in [7, 11) is 3.60. The molecule has 0 spiro atoms. The van der Waals surface area contributed by atoms with Crippen molar-refractivity contribution in [2.75, 3.05) is 20.2 Å². The van der Waals surface area contributed by atoms with E-state index in [4.69, 9.17) is 10.5 Å². The second kappa shape index (κ2) is 7.77. The topological polar surface area (TPSA) is 60.5 Å². The predicted molar refractivity (Wildman–Crippen MR) is 97.6 cm³/mol. The molecular formula is C16H24ClN3O2S. The largest absolute Gasteiger partial charge is 0.381 e. The first-order valence-corrected chi connectivity index (χ1v) is 8.49. The first kappa shape index (κ1) is 18.4. The van der Waals surface area contributed by atoms with Gasteiger partial charge in [-0.2, -0.15) is 0 Å². The van der Waals surface area contributed by atoms with Gasteiger partial charge in [0.15, 0.2) is 0 Å². The van der Waals surface area contributed by atoms with Gasteiger partial charge in [0, 0.05) is 39.8 Å². The zero-order chi connectivity index (χ0) is 15.7. The zero-order valence-electron chi connectivity index (χ0n) is 13.5. The first-order valence-electron chi connectivity index (χ1n) is 7.67. The predicted octanol–water partition coefficient (Wildman–Crippen LogP) is 1.96. The highest BCUT2D eigenvalue weighted by atomic mass is 35.5. The maximum absolute atomic E-state index is 11.7. The Bertz CT molecular complexity index is 715. The Morgan fingerprint density at radius 2 is 2.22 bits per heavy atom. The summed E-state index contributed by atoms with van der Waals surface area (Å²) < 4.78 is 8.24. The summed E-state index contributed by atoms with van der Waals surface area (Å²) in [4.78, 5) is 14.3. The highest BCUT2D eigenvalue weighted by Crippen LogP contribution is 2.24. The van der Waals surface area contributed by atoms with Gasteiger partial charge in [-0.3, -0.25) is 9.69 Å². The van der Waals surface area contributed by atoms with E-state index in [-0.39, 0.29) is 17.3 Å². The molecule has 2 N–H and O–H groups in total. The Balaban J connectivity index is 0.00000192. The molecule has 5 nitrogen and oxygen atoms in total. The lowest BCUT2D eigenvalue weighted by Gasteiger charge is -2.38. The number of nitrogens with two attached hydrogens (primary N) is 1. The van der Waals surface area contributed by atoms with Crippen LogP contribution >= 0.6 is 23.7 Å². The molecule has 2 heterocycles. The van der Waals surface area contributed by atoms with Gasteiger partial charge < -0.3 is 15.0 Å². The molecule has 1 aromatic carbocycles. The summed E-state index contributed by atoms with van der Waals surface area (Å²) in [5.74, 6) is 0. The lowest BCUT2D eigenvalue weighted by Crippen LogP contribution is -2.47. The van der Waals surface area contributed by atoms with E-state index < -0.39 is 0 Å². The fourth-order valence-corrected chi connectivity index (χ4v) is 4.18. The first-order chi connectivity index (χ1) is 10.6. The molecule has 0 saturated carbocycles. The average Bonchev–Trinajstić information content (AvgIpc) is 2.82. The molecule has 2 unspecified atom stereocenters. The van der Waals surface area contributed by atoms with Crippen LogP contribution in [0.1, 0.15) is 18.4 Å². The van der Waals surface area contributed by atoms with E-state index in [9.17, 15) is 4.79 Å². The number of benzene rings is 1. The number of nitrogens with zero attached hydrogens (tertiary/aromatic N) is 2. The molecule has 0 aliphatic carbocycles. The molecular weight excluding hydrogens is 334 g/mol. The lowest BCUT2D eigenvalue weighted by molar-refractivity contribution is 0.0102. The van der Waals surface area contributed by atoms with E-state index in [1.807, 2.05) is 13.1 Å². The molecule has 2 aromatic rings. The average molecular weight is 358 g/mol. The number of hydrogen-bond donors (Lipinski definition) is 1. The second-order valence-electron chi connectivity index (χ2n) is 5.97. The van der Waals surface area contributed by atoms with Gasteiger partial charge in [-0.25, -0.2) is 0 Å². The van der Waals surface area contributed by atoms with Crippen molar-refractivity contribution in [2.24, 2.45) is 12.8 Å². The summed E-state index contributed by atoms with van der Waals surface area (Å²) in [5.41, 5.74) is 8.18.